The van der Waals surface area contributed by atoms with E-state index in [0.717, 1.165) is 33.4 Å². The van der Waals surface area contributed by atoms with Gasteiger partial charge in [-0.15, -0.1) is 0 Å². The van der Waals surface area contributed by atoms with Crippen molar-refractivity contribution in [2.75, 3.05) is 16.8 Å². The van der Waals surface area contributed by atoms with Crippen molar-refractivity contribution in [3.63, 3.8) is 0 Å². The van der Waals surface area contributed by atoms with Gasteiger partial charge in [-0.05, 0) is 42.3 Å². The van der Waals surface area contributed by atoms with Gasteiger partial charge >= 0.3 is 6.03 Å². The number of nitrogens with zero attached hydrogens (tertiary/aromatic N) is 2. The first-order valence-corrected chi connectivity index (χ1v) is 10.1. The molecule has 0 fully saturated rings. The molecule has 6 heteroatoms. The molecule has 4 aromatic rings. The zero-order valence-electron chi connectivity index (χ0n) is 16.7. The molecule has 3 aromatic carbocycles. The van der Waals surface area contributed by atoms with Gasteiger partial charge in [0.2, 0.25) is 0 Å². The van der Waals surface area contributed by atoms with E-state index >= 15 is 0 Å². The first-order valence-electron chi connectivity index (χ1n) is 10.1. The molecule has 1 aliphatic heterocycles. The SMILES string of the molecule is NC(=O)N1CCc2cc(NC(=O)c3cc(-c4ccccc4)nc4ccccc34)ccc21. The Bertz CT molecular complexity index is 1320. The Morgan fingerprint density at radius 3 is 2.52 bits per heavy atom. The van der Waals surface area contributed by atoms with Gasteiger partial charge in [0, 0.05) is 28.9 Å². The zero-order valence-corrected chi connectivity index (χ0v) is 16.7. The van der Waals surface area contributed by atoms with Crippen LogP contribution in [0.4, 0.5) is 16.2 Å². The molecular weight excluding hydrogens is 388 g/mol. The number of amides is 3. The number of fused-ring (bicyclic) bond motifs is 2. The number of primary amides is 1. The molecule has 0 spiro atoms. The van der Waals surface area contributed by atoms with Crippen molar-refractivity contribution < 1.29 is 9.59 Å². The number of anilines is 2. The fourth-order valence-corrected chi connectivity index (χ4v) is 4.03. The van der Waals surface area contributed by atoms with Gasteiger partial charge in [-0.1, -0.05) is 48.5 Å². The van der Waals surface area contributed by atoms with Crippen LogP contribution in [0, 0.1) is 0 Å². The van der Waals surface area contributed by atoms with Crippen LogP contribution in [-0.2, 0) is 6.42 Å². The first-order chi connectivity index (χ1) is 15.1. The average molecular weight is 408 g/mol. The fourth-order valence-electron chi connectivity index (χ4n) is 4.03. The van der Waals surface area contributed by atoms with E-state index in [0.29, 0.717) is 24.2 Å². The molecule has 1 aliphatic rings. The number of carbonyl (C=O) groups is 2. The van der Waals surface area contributed by atoms with Crippen molar-refractivity contribution in [1.29, 1.82) is 0 Å². The summed E-state index contributed by atoms with van der Waals surface area (Å²) in [6.45, 7) is 0.553. The lowest BCUT2D eigenvalue weighted by Crippen LogP contribution is -2.33. The van der Waals surface area contributed by atoms with Crippen molar-refractivity contribution in [3.8, 4) is 11.3 Å². The topological polar surface area (TPSA) is 88.3 Å². The number of urea groups is 1. The lowest BCUT2D eigenvalue weighted by Gasteiger charge is -2.15. The van der Waals surface area contributed by atoms with Gasteiger partial charge < -0.3 is 11.1 Å². The summed E-state index contributed by atoms with van der Waals surface area (Å²) in [5, 5.41) is 3.79. The van der Waals surface area contributed by atoms with Gasteiger partial charge in [0.05, 0.1) is 16.8 Å². The Morgan fingerprint density at radius 2 is 1.71 bits per heavy atom. The van der Waals surface area contributed by atoms with Crippen LogP contribution in [0.3, 0.4) is 0 Å². The van der Waals surface area contributed by atoms with Crippen molar-refractivity contribution >= 4 is 34.2 Å². The van der Waals surface area contributed by atoms with Gasteiger partial charge in [0.1, 0.15) is 0 Å². The maximum Gasteiger partial charge on any atom is 0.319 e. The van der Waals surface area contributed by atoms with E-state index in [4.69, 9.17) is 10.7 Å². The van der Waals surface area contributed by atoms with Gasteiger partial charge in [-0.25, -0.2) is 9.78 Å². The maximum absolute atomic E-state index is 13.3. The van der Waals surface area contributed by atoms with Crippen LogP contribution in [-0.4, -0.2) is 23.5 Å². The molecule has 0 atom stereocenters. The van der Waals surface area contributed by atoms with E-state index in [-0.39, 0.29) is 5.91 Å². The highest BCUT2D eigenvalue weighted by atomic mass is 16.2. The highest BCUT2D eigenvalue weighted by Gasteiger charge is 2.23. The minimum absolute atomic E-state index is 0.208. The van der Waals surface area contributed by atoms with Gasteiger partial charge in [0.25, 0.3) is 5.91 Å². The van der Waals surface area contributed by atoms with Crippen molar-refractivity contribution in [2.45, 2.75) is 6.42 Å². The third kappa shape index (κ3) is 3.48. The Labute approximate surface area is 179 Å². The lowest BCUT2D eigenvalue weighted by molar-refractivity contribution is 0.102. The van der Waals surface area contributed by atoms with E-state index in [1.165, 1.54) is 0 Å². The maximum atomic E-state index is 13.3. The summed E-state index contributed by atoms with van der Waals surface area (Å²) in [7, 11) is 0. The Hall–Kier alpha value is -4.19. The molecule has 2 heterocycles. The monoisotopic (exact) mass is 408 g/mol. The quantitative estimate of drug-likeness (QED) is 0.519. The third-order valence-electron chi connectivity index (χ3n) is 5.53. The van der Waals surface area contributed by atoms with Crippen molar-refractivity contribution in [2.24, 2.45) is 5.73 Å². The highest BCUT2D eigenvalue weighted by Crippen LogP contribution is 2.31. The second-order valence-electron chi connectivity index (χ2n) is 7.48. The van der Waals surface area contributed by atoms with Crippen molar-refractivity contribution in [3.05, 3.63) is 90.0 Å². The minimum Gasteiger partial charge on any atom is -0.351 e. The molecule has 0 bridgehead atoms. The predicted octanol–water partition coefficient (Wildman–Crippen LogP) is 4.60. The number of carbonyl (C=O) groups excluding carboxylic acids is 2. The highest BCUT2D eigenvalue weighted by molar-refractivity contribution is 6.13. The normalized spacial score (nSPS) is 12.6. The summed E-state index contributed by atoms with van der Waals surface area (Å²) in [6.07, 6.45) is 0.707. The summed E-state index contributed by atoms with van der Waals surface area (Å²) >= 11 is 0. The van der Waals surface area contributed by atoms with Crippen LogP contribution in [0.25, 0.3) is 22.2 Å². The molecule has 0 saturated heterocycles. The Morgan fingerprint density at radius 1 is 0.935 bits per heavy atom. The summed E-state index contributed by atoms with van der Waals surface area (Å²) in [5.74, 6) is -0.208. The van der Waals surface area contributed by atoms with Crippen LogP contribution in [0.15, 0.2) is 78.9 Å². The number of aromatic nitrogens is 1. The Kier molecular flexibility index (Phi) is 4.59. The third-order valence-corrected chi connectivity index (χ3v) is 5.53. The minimum atomic E-state index is -0.466. The van der Waals surface area contributed by atoms with Gasteiger partial charge in [-0.2, -0.15) is 0 Å². The number of para-hydroxylation sites is 1. The van der Waals surface area contributed by atoms with Crippen molar-refractivity contribution in [1.82, 2.24) is 4.98 Å². The number of benzene rings is 3. The second kappa shape index (κ2) is 7.57. The summed E-state index contributed by atoms with van der Waals surface area (Å²) in [5.41, 5.74) is 10.9. The number of hydrogen-bond donors (Lipinski definition) is 2. The lowest BCUT2D eigenvalue weighted by atomic mass is 10.0. The molecule has 1 aromatic heterocycles. The van der Waals surface area contributed by atoms with Crippen LogP contribution in [0.2, 0.25) is 0 Å². The number of nitrogens with one attached hydrogen (secondary N) is 1. The molecule has 5 rings (SSSR count). The summed E-state index contributed by atoms with van der Waals surface area (Å²) in [4.78, 5) is 31.1. The number of nitrogens with two attached hydrogens (primary N) is 1. The first kappa shape index (κ1) is 18.8. The van der Waals surface area contributed by atoms with E-state index in [2.05, 4.69) is 5.32 Å². The molecule has 0 radical (unpaired) electrons. The fraction of sp³-hybridized carbons (Fsp3) is 0.0800. The van der Waals surface area contributed by atoms with Crippen LogP contribution in [0.1, 0.15) is 15.9 Å². The molecule has 0 unspecified atom stereocenters. The van der Waals surface area contributed by atoms with E-state index in [1.807, 2.05) is 72.8 Å². The second-order valence-corrected chi connectivity index (χ2v) is 7.48. The molecule has 152 valence electrons. The molecule has 0 saturated carbocycles. The molecule has 6 nitrogen and oxygen atoms in total. The molecule has 3 N–H and O–H groups in total. The van der Waals surface area contributed by atoms with Crippen LogP contribution in [0.5, 0.6) is 0 Å². The Balaban J connectivity index is 1.51. The van der Waals surface area contributed by atoms with E-state index < -0.39 is 6.03 Å². The van der Waals surface area contributed by atoms with Crippen LogP contribution < -0.4 is 16.0 Å². The predicted molar refractivity (Wildman–Crippen MR) is 122 cm³/mol. The van der Waals surface area contributed by atoms with E-state index in [1.54, 1.807) is 11.0 Å². The number of rotatable bonds is 3. The molecular formula is C25H20N4O2. The number of hydrogen-bond acceptors (Lipinski definition) is 3. The smallest absolute Gasteiger partial charge is 0.319 e. The average Bonchev–Trinajstić information content (AvgIpc) is 3.22. The standard InChI is InChI=1S/C25H20N4O2/c26-25(31)29-13-12-17-14-18(10-11-23(17)29)27-24(30)20-15-22(16-6-2-1-3-7-16)28-21-9-5-4-8-19(20)21/h1-11,14-15H,12-13H2,(H2,26,31)(H,27,30). The summed E-state index contributed by atoms with van der Waals surface area (Å²) < 4.78 is 0. The molecule has 3 amide bonds. The van der Waals surface area contributed by atoms with Crippen LogP contribution >= 0.6 is 0 Å². The van der Waals surface area contributed by atoms with E-state index in [9.17, 15) is 9.59 Å². The zero-order chi connectivity index (χ0) is 21.4. The molecule has 31 heavy (non-hydrogen) atoms. The largest absolute Gasteiger partial charge is 0.351 e. The summed E-state index contributed by atoms with van der Waals surface area (Å²) in [6, 6.07) is 24.3. The molecule has 0 aliphatic carbocycles. The number of pyridine rings is 1. The van der Waals surface area contributed by atoms with Gasteiger partial charge in [-0.3, -0.25) is 9.69 Å². The van der Waals surface area contributed by atoms with Gasteiger partial charge in [0.15, 0.2) is 0 Å².